The van der Waals surface area contributed by atoms with Crippen LogP contribution in [0, 0.1) is 0 Å². The van der Waals surface area contributed by atoms with Crippen LogP contribution in [-0.4, -0.2) is 37.9 Å². The van der Waals surface area contributed by atoms with E-state index in [2.05, 4.69) is 25.4 Å². The van der Waals surface area contributed by atoms with Crippen molar-refractivity contribution in [2.45, 2.75) is 0 Å². The largest absolute Gasteiger partial charge is 0.475 e. The zero-order valence-electron chi connectivity index (χ0n) is 11.6. The second-order valence-electron chi connectivity index (χ2n) is 4.44. The van der Waals surface area contributed by atoms with E-state index >= 15 is 0 Å². The highest BCUT2D eigenvalue weighted by molar-refractivity contribution is 6.35. The molecule has 0 radical (unpaired) electrons. The van der Waals surface area contributed by atoms with Crippen molar-refractivity contribution in [1.29, 1.82) is 0 Å². The van der Waals surface area contributed by atoms with Crippen LogP contribution in [0.15, 0.2) is 24.8 Å². The molecule has 3 aromatic heterocycles. The average molecular weight is 339 g/mol. The van der Waals surface area contributed by atoms with Crippen LogP contribution in [0.3, 0.4) is 0 Å². The zero-order valence-corrected chi connectivity index (χ0v) is 13.1. The van der Waals surface area contributed by atoms with Crippen molar-refractivity contribution in [3.63, 3.8) is 0 Å². The number of nitrogens with zero attached hydrogens (tertiary/aromatic N) is 5. The fourth-order valence-electron chi connectivity index (χ4n) is 1.93. The van der Waals surface area contributed by atoms with Gasteiger partial charge in [-0.25, -0.2) is 15.0 Å². The molecule has 3 heterocycles. The number of aromatic nitrogens is 5. The first-order valence-electron chi connectivity index (χ1n) is 6.45. The number of nitrogens with one attached hydrogen (secondary N) is 1. The highest BCUT2D eigenvalue weighted by Gasteiger charge is 2.08. The number of ether oxygens (including phenoxy) is 1. The summed E-state index contributed by atoms with van der Waals surface area (Å²) in [4.78, 5) is 12.4. The van der Waals surface area contributed by atoms with E-state index in [4.69, 9.17) is 27.9 Å². The monoisotopic (exact) mass is 338 g/mol. The van der Waals surface area contributed by atoms with Crippen molar-refractivity contribution < 1.29 is 4.74 Å². The molecule has 9 heteroatoms. The predicted octanol–water partition coefficient (Wildman–Crippen LogP) is 2.56. The molecule has 3 rings (SSSR count). The molecule has 0 bridgehead atoms. The maximum atomic E-state index is 5.98. The summed E-state index contributed by atoms with van der Waals surface area (Å²) in [5.74, 6) is 1.05. The van der Waals surface area contributed by atoms with Gasteiger partial charge in [0, 0.05) is 13.2 Å². The van der Waals surface area contributed by atoms with Gasteiger partial charge >= 0.3 is 0 Å². The van der Waals surface area contributed by atoms with Gasteiger partial charge in [-0.15, -0.1) is 0 Å². The van der Waals surface area contributed by atoms with Crippen molar-refractivity contribution in [3.8, 4) is 5.88 Å². The van der Waals surface area contributed by atoms with Gasteiger partial charge < -0.3 is 10.1 Å². The predicted molar refractivity (Wildman–Crippen MR) is 84.5 cm³/mol. The zero-order chi connectivity index (χ0) is 15.5. The van der Waals surface area contributed by atoms with Crippen LogP contribution in [0.5, 0.6) is 5.88 Å². The van der Waals surface area contributed by atoms with Crippen LogP contribution in [-0.2, 0) is 7.05 Å². The van der Waals surface area contributed by atoms with Crippen LogP contribution in [0.1, 0.15) is 0 Å². The molecule has 0 atom stereocenters. The second kappa shape index (κ2) is 6.33. The minimum atomic E-state index is 0.349. The van der Waals surface area contributed by atoms with E-state index in [1.54, 1.807) is 16.9 Å². The minimum absolute atomic E-state index is 0.349. The van der Waals surface area contributed by atoms with Gasteiger partial charge in [-0.3, -0.25) is 4.68 Å². The van der Waals surface area contributed by atoms with E-state index in [0.29, 0.717) is 34.9 Å². The molecule has 0 saturated heterocycles. The molecular weight excluding hydrogens is 327 g/mol. The Morgan fingerprint density at radius 2 is 2.09 bits per heavy atom. The third-order valence-corrected chi connectivity index (χ3v) is 3.41. The van der Waals surface area contributed by atoms with Crippen LogP contribution >= 0.6 is 23.2 Å². The molecule has 22 heavy (non-hydrogen) atoms. The lowest BCUT2D eigenvalue weighted by Crippen LogP contribution is -2.13. The Bertz CT molecular complexity index is 806. The van der Waals surface area contributed by atoms with E-state index in [1.807, 2.05) is 7.05 Å². The van der Waals surface area contributed by atoms with Crippen molar-refractivity contribution >= 4 is 40.1 Å². The average Bonchev–Trinajstić information content (AvgIpc) is 2.88. The first-order chi connectivity index (χ1) is 10.6. The van der Waals surface area contributed by atoms with Crippen LogP contribution in [0.2, 0.25) is 10.0 Å². The third kappa shape index (κ3) is 3.05. The SMILES string of the molecule is Cn1ncc2c(NCCOc3ncc(Cl)cc3Cl)ncnc21. The van der Waals surface area contributed by atoms with Gasteiger partial charge in [0.2, 0.25) is 5.88 Å². The van der Waals surface area contributed by atoms with E-state index in [1.165, 1.54) is 12.5 Å². The molecule has 0 aromatic carbocycles. The molecule has 0 aliphatic carbocycles. The lowest BCUT2D eigenvalue weighted by Gasteiger charge is -2.09. The molecule has 7 nitrogen and oxygen atoms in total. The van der Waals surface area contributed by atoms with Gasteiger partial charge in [-0.1, -0.05) is 23.2 Å². The molecule has 3 aromatic rings. The smallest absolute Gasteiger partial charge is 0.232 e. The Hall–Kier alpha value is -2.12. The third-order valence-electron chi connectivity index (χ3n) is 2.94. The summed E-state index contributed by atoms with van der Waals surface area (Å²) in [6.45, 7) is 0.905. The van der Waals surface area contributed by atoms with Crippen LogP contribution in [0.4, 0.5) is 5.82 Å². The van der Waals surface area contributed by atoms with Gasteiger partial charge in [0.25, 0.3) is 0 Å². The molecule has 0 fully saturated rings. The summed E-state index contributed by atoms with van der Waals surface area (Å²) >= 11 is 11.8. The molecule has 0 aliphatic rings. The molecular formula is C13H12Cl2N6O. The first kappa shape index (κ1) is 14.8. The maximum absolute atomic E-state index is 5.98. The topological polar surface area (TPSA) is 77.8 Å². The summed E-state index contributed by atoms with van der Waals surface area (Å²) in [5, 5.41) is 9.03. The number of halogens is 2. The normalized spacial score (nSPS) is 10.9. The number of anilines is 1. The summed E-state index contributed by atoms with van der Waals surface area (Å²) in [6, 6.07) is 1.59. The van der Waals surface area contributed by atoms with Gasteiger partial charge in [0.15, 0.2) is 5.65 Å². The minimum Gasteiger partial charge on any atom is -0.475 e. The highest BCUT2D eigenvalue weighted by atomic mass is 35.5. The standard InChI is InChI=1S/C13H12Cl2N6O/c1-21-12-9(6-20-21)11(18-7-19-12)16-2-3-22-13-10(15)4-8(14)5-17-13/h4-7H,2-3H2,1H3,(H,16,18,19). The lowest BCUT2D eigenvalue weighted by atomic mass is 10.4. The fourth-order valence-corrected chi connectivity index (χ4v) is 2.36. The van der Waals surface area contributed by atoms with Gasteiger partial charge in [-0.05, 0) is 6.07 Å². The summed E-state index contributed by atoms with van der Waals surface area (Å²) < 4.78 is 7.19. The van der Waals surface area contributed by atoms with Crippen molar-refractivity contribution in [2.75, 3.05) is 18.5 Å². The Morgan fingerprint density at radius 3 is 2.91 bits per heavy atom. The van der Waals surface area contributed by atoms with Crippen LogP contribution in [0.25, 0.3) is 11.0 Å². The Morgan fingerprint density at radius 1 is 1.23 bits per heavy atom. The van der Waals surface area contributed by atoms with Crippen LogP contribution < -0.4 is 10.1 Å². The number of fused-ring (bicyclic) bond motifs is 1. The van der Waals surface area contributed by atoms with E-state index < -0.39 is 0 Å². The lowest BCUT2D eigenvalue weighted by molar-refractivity contribution is 0.320. The van der Waals surface area contributed by atoms with Gasteiger partial charge in [0.1, 0.15) is 23.8 Å². The van der Waals surface area contributed by atoms with E-state index in [-0.39, 0.29) is 0 Å². The number of pyridine rings is 1. The van der Waals surface area contributed by atoms with Gasteiger partial charge in [-0.2, -0.15) is 5.10 Å². The Labute approximate surface area is 136 Å². The number of rotatable bonds is 5. The molecule has 0 saturated carbocycles. The quantitative estimate of drug-likeness (QED) is 0.720. The molecule has 0 spiro atoms. The van der Waals surface area contributed by atoms with Crippen molar-refractivity contribution in [1.82, 2.24) is 24.7 Å². The highest BCUT2D eigenvalue weighted by Crippen LogP contribution is 2.24. The number of hydrogen-bond donors (Lipinski definition) is 1. The number of hydrogen-bond acceptors (Lipinski definition) is 6. The maximum Gasteiger partial charge on any atom is 0.232 e. The molecule has 114 valence electrons. The summed E-state index contributed by atoms with van der Waals surface area (Å²) in [6.07, 6.45) is 4.70. The molecule has 0 aliphatic heterocycles. The molecule has 0 amide bonds. The van der Waals surface area contributed by atoms with Crippen molar-refractivity contribution in [2.24, 2.45) is 7.05 Å². The van der Waals surface area contributed by atoms with E-state index in [0.717, 1.165) is 11.0 Å². The van der Waals surface area contributed by atoms with Crippen molar-refractivity contribution in [3.05, 3.63) is 34.8 Å². The molecule has 0 unspecified atom stereocenters. The van der Waals surface area contributed by atoms with E-state index in [9.17, 15) is 0 Å². The van der Waals surface area contributed by atoms with Gasteiger partial charge in [0.05, 0.1) is 23.2 Å². The fraction of sp³-hybridized carbons (Fsp3) is 0.231. The first-order valence-corrected chi connectivity index (χ1v) is 7.21. The Kier molecular flexibility index (Phi) is 4.26. The summed E-state index contributed by atoms with van der Waals surface area (Å²) in [5.41, 5.74) is 0.765. The summed E-state index contributed by atoms with van der Waals surface area (Å²) in [7, 11) is 1.83. The number of aryl methyl sites for hydroxylation is 1. The molecule has 1 N–H and O–H groups in total. The Balaban J connectivity index is 1.61. The second-order valence-corrected chi connectivity index (χ2v) is 5.29.